The highest BCUT2D eigenvalue weighted by molar-refractivity contribution is 5.64. The molecule has 0 aromatic carbocycles. The third-order valence-electron chi connectivity index (χ3n) is 2.44. The highest BCUT2D eigenvalue weighted by Gasteiger charge is 2.15. The Balaban J connectivity index is 2.33. The number of hydrogen-bond acceptors (Lipinski definition) is 1. The summed E-state index contributed by atoms with van der Waals surface area (Å²) in [6.07, 6.45) is 9.81. The molecule has 1 saturated carbocycles. The summed E-state index contributed by atoms with van der Waals surface area (Å²) in [5.74, 6) is 1.52. The summed E-state index contributed by atoms with van der Waals surface area (Å²) < 4.78 is 0. The van der Waals surface area contributed by atoms with E-state index in [0.717, 1.165) is 12.2 Å². The fraction of sp³-hybridized carbons (Fsp3) is 0.700. The fourth-order valence-corrected chi connectivity index (χ4v) is 1.86. The minimum atomic E-state index is 0.670. The van der Waals surface area contributed by atoms with Crippen LogP contribution >= 0.6 is 0 Å². The molecule has 1 aliphatic rings. The van der Waals surface area contributed by atoms with Gasteiger partial charge in [0.15, 0.2) is 0 Å². The van der Waals surface area contributed by atoms with Gasteiger partial charge in [-0.05, 0) is 30.8 Å². The maximum Gasteiger partial charge on any atom is 0.142 e. The first-order chi connectivity index (χ1) is 5.33. The fourth-order valence-electron chi connectivity index (χ4n) is 1.86. The normalized spacial score (nSPS) is 32.5. The molecule has 0 aliphatic heterocycles. The topological polar surface area (TPSA) is 17.1 Å². The molecule has 0 spiro atoms. The van der Waals surface area contributed by atoms with Crippen molar-refractivity contribution in [2.75, 3.05) is 0 Å². The second-order valence-electron chi connectivity index (χ2n) is 3.55. The van der Waals surface area contributed by atoms with E-state index < -0.39 is 0 Å². The molecule has 0 amide bonds. The van der Waals surface area contributed by atoms with Crippen molar-refractivity contribution in [3.63, 3.8) is 0 Å². The third kappa shape index (κ3) is 2.87. The Morgan fingerprint density at radius 1 is 1.36 bits per heavy atom. The van der Waals surface area contributed by atoms with Gasteiger partial charge in [0.2, 0.25) is 0 Å². The molecule has 0 radical (unpaired) electrons. The average Bonchev–Trinajstić information content (AvgIpc) is 2.01. The Morgan fingerprint density at radius 3 is 2.82 bits per heavy atom. The van der Waals surface area contributed by atoms with Crippen LogP contribution in [0.4, 0.5) is 0 Å². The monoisotopic (exact) mass is 152 g/mol. The molecule has 2 atom stereocenters. The summed E-state index contributed by atoms with van der Waals surface area (Å²) in [4.78, 5) is 10.0. The molecule has 0 bridgehead atoms. The summed E-state index contributed by atoms with van der Waals surface area (Å²) in [6.45, 7) is 2.29. The summed E-state index contributed by atoms with van der Waals surface area (Å²) in [7, 11) is 0. The van der Waals surface area contributed by atoms with Crippen LogP contribution in [0.3, 0.4) is 0 Å². The van der Waals surface area contributed by atoms with Gasteiger partial charge in [-0.1, -0.05) is 25.8 Å². The number of carbonyl (C=O) groups excluding carboxylic acids is 1. The molecule has 0 aromatic rings. The first kappa shape index (κ1) is 8.51. The van der Waals surface area contributed by atoms with Crippen LogP contribution in [0.1, 0.15) is 32.6 Å². The number of hydrogen-bond donors (Lipinski definition) is 0. The van der Waals surface area contributed by atoms with Crippen LogP contribution in [-0.2, 0) is 4.79 Å². The molecule has 0 heterocycles. The SMILES string of the molecule is C[C@H]1CCC[C@H](C=CC=O)C1. The molecule has 1 rings (SSSR count). The lowest BCUT2D eigenvalue weighted by atomic mass is 9.82. The molecule has 62 valence electrons. The van der Waals surface area contributed by atoms with Crippen molar-refractivity contribution in [1.82, 2.24) is 0 Å². The molecule has 1 nitrogen and oxygen atoms in total. The van der Waals surface area contributed by atoms with Crippen molar-refractivity contribution < 1.29 is 4.79 Å². The molecule has 0 aromatic heterocycles. The van der Waals surface area contributed by atoms with Crippen LogP contribution in [0.25, 0.3) is 0 Å². The predicted octanol–water partition coefficient (Wildman–Crippen LogP) is 2.57. The number of aldehydes is 1. The van der Waals surface area contributed by atoms with Crippen LogP contribution in [-0.4, -0.2) is 6.29 Å². The molecule has 11 heavy (non-hydrogen) atoms. The Bertz CT molecular complexity index is 149. The van der Waals surface area contributed by atoms with E-state index in [9.17, 15) is 4.79 Å². The lowest BCUT2D eigenvalue weighted by molar-refractivity contribution is -0.104. The third-order valence-corrected chi connectivity index (χ3v) is 2.44. The van der Waals surface area contributed by atoms with Crippen LogP contribution in [0.5, 0.6) is 0 Å². The maximum absolute atomic E-state index is 10.0. The van der Waals surface area contributed by atoms with Crippen LogP contribution < -0.4 is 0 Å². The Labute approximate surface area is 68.5 Å². The largest absolute Gasteiger partial charge is 0.299 e. The van der Waals surface area contributed by atoms with E-state index in [1.165, 1.54) is 25.7 Å². The molecular formula is C10H16O. The van der Waals surface area contributed by atoms with Gasteiger partial charge >= 0.3 is 0 Å². The van der Waals surface area contributed by atoms with Crippen molar-refractivity contribution in [3.8, 4) is 0 Å². The van der Waals surface area contributed by atoms with E-state index in [1.807, 2.05) is 0 Å². The van der Waals surface area contributed by atoms with Gasteiger partial charge in [-0.15, -0.1) is 0 Å². The molecule has 0 N–H and O–H groups in total. The van der Waals surface area contributed by atoms with Gasteiger partial charge in [0.25, 0.3) is 0 Å². The lowest BCUT2D eigenvalue weighted by Crippen LogP contribution is -2.10. The van der Waals surface area contributed by atoms with E-state index in [2.05, 4.69) is 13.0 Å². The summed E-state index contributed by atoms with van der Waals surface area (Å²) in [6, 6.07) is 0. The number of rotatable bonds is 2. The highest BCUT2D eigenvalue weighted by Crippen LogP contribution is 2.28. The van der Waals surface area contributed by atoms with Gasteiger partial charge < -0.3 is 0 Å². The van der Waals surface area contributed by atoms with E-state index in [1.54, 1.807) is 6.08 Å². The second kappa shape index (κ2) is 4.32. The molecule has 0 saturated heterocycles. The maximum atomic E-state index is 10.0. The second-order valence-corrected chi connectivity index (χ2v) is 3.55. The van der Waals surface area contributed by atoms with Crippen molar-refractivity contribution in [2.24, 2.45) is 11.8 Å². The Hall–Kier alpha value is -0.590. The van der Waals surface area contributed by atoms with Crippen molar-refractivity contribution in [3.05, 3.63) is 12.2 Å². The first-order valence-electron chi connectivity index (χ1n) is 4.45. The zero-order chi connectivity index (χ0) is 8.10. The Morgan fingerprint density at radius 2 is 2.18 bits per heavy atom. The molecule has 1 heteroatoms. The first-order valence-corrected chi connectivity index (χ1v) is 4.45. The van der Waals surface area contributed by atoms with E-state index in [0.29, 0.717) is 5.92 Å². The zero-order valence-electron chi connectivity index (χ0n) is 7.12. The molecule has 0 unspecified atom stereocenters. The smallest absolute Gasteiger partial charge is 0.142 e. The predicted molar refractivity (Wildman–Crippen MR) is 46.3 cm³/mol. The summed E-state index contributed by atoms with van der Waals surface area (Å²) in [5, 5.41) is 0. The van der Waals surface area contributed by atoms with Gasteiger partial charge in [0.05, 0.1) is 0 Å². The van der Waals surface area contributed by atoms with Gasteiger partial charge in [-0.25, -0.2) is 0 Å². The Kier molecular flexibility index (Phi) is 3.34. The lowest BCUT2D eigenvalue weighted by Gasteiger charge is -2.23. The van der Waals surface area contributed by atoms with Gasteiger partial charge in [0.1, 0.15) is 6.29 Å². The van der Waals surface area contributed by atoms with Crippen LogP contribution in [0, 0.1) is 11.8 Å². The quantitative estimate of drug-likeness (QED) is 0.439. The van der Waals surface area contributed by atoms with Crippen LogP contribution in [0.15, 0.2) is 12.2 Å². The van der Waals surface area contributed by atoms with Crippen molar-refractivity contribution in [1.29, 1.82) is 0 Å². The van der Waals surface area contributed by atoms with Crippen molar-refractivity contribution >= 4 is 6.29 Å². The standard InChI is InChI=1S/C10H16O/c1-9-4-2-5-10(8-9)6-3-7-11/h3,6-7,9-10H,2,4-5,8H2,1H3/t9-,10+/m0/s1. The molecule has 1 fully saturated rings. The summed E-state index contributed by atoms with van der Waals surface area (Å²) in [5.41, 5.74) is 0. The molecular weight excluding hydrogens is 136 g/mol. The molecule has 1 aliphatic carbocycles. The number of carbonyl (C=O) groups is 1. The van der Waals surface area contributed by atoms with Gasteiger partial charge in [-0.3, -0.25) is 4.79 Å². The van der Waals surface area contributed by atoms with Crippen LogP contribution in [0.2, 0.25) is 0 Å². The van der Waals surface area contributed by atoms with Crippen molar-refractivity contribution in [2.45, 2.75) is 32.6 Å². The van der Waals surface area contributed by atoms with Gasteiger partial charge in [0, 0.05) is 0 Å². The average molecular weight is 152 g/mol. The highest BCUT2D eigenvalue weighted by atomic mass is 16.1. The van der Waals surface area contributed by atoms with E-state index in [-0.39, 0.29) is 0 Å². The van der Waals surface area contributed by atoms with Gasteiger partial charge in [-0.2, -0.15) is 0 Å². The summed E-state index contributed by atoms with van der Waals surface area (Å²) >= 11 is 0. The minimum absolute atomic E-state index is 0.670. The van der Waals surface area contributed by atoms with E-state index in [4.69, 9.17) is 0 Å². The van der Waals surface area contributed by atoms with E-state index >= 15 is 0 Å². The minimum Gasteiger partial charge on any atom is -0.299 e. The number of allylic oxidation sites excluding steroid dienone is 2. The zero-order valence-corrected chi connectivity index (χ0v) is 7.12.